The first-order valence-electron chi connectivity index (χ1n) is 6.36. The molecular formula is C14H19N3O. The van der Waals surface area contributed by atoms with Crippen molar-refractivity contribution in [1.29, 1.82) is 0 Å². The first kappa shape index (κ1) is 12.8. The van der Waals surface area contributed by atoms with Crippen LogP contribution in [0.25, 0.3) is 10.9 Å². The number of benzene rings is 1. The van der Waals surface area contributed by atoms with E-state index in [4.69, 9.17) is 0 Å². The van der Waals surface area contributed by atoms with Gasteiger partial charge >= 0.3 is 0 Å². The number of nitrogens with zero attached hydrogens (tertiary/aromatic N) is 2. The monoisotopic (exact) mass is 245 g/mol. The van der Waals surface area contributed by atoms with Crippen LogP contribution in [0.4, 0.5) is 0 Å². The van der Waals surface area contributed by atoms with Gasteiger partial charge in [-0.25, -0.2) is 4.98 Å². The summed E-state index contributed by atoms with van der Waals surface area (Å²) in [5, 5.41) is 4.03. The average Bonchev–Trinajstić information content (AvgIpc) is 2.37. The van der Waals surface area contributed by atoms with Gasteiger partial charge in [-0.2, -0.15) is 0 Å². The van der Waals surface area contributed by atoms with Crippen molar-refractivity contribution in [3.63, 3.8) is 0 Å². The highest BCUT2D eigenvalue weighted by Gasteiger charge is 2.02. The van der Waals surface area contributed by atoms with Crippen LogP contribution in [-0.2, 0) is 6.54 Å². The van der Waals surface area contributed by atoms with Gasteiger partial charge in [-0.05, 0) is 25.1 Å². The van der Waals surface area contributed by atoms with Gasteiger partial charge in [0.2, 0.25) is 0 Å². The number of fused-ring (bicyclic) bond motifs is 1. The lowest BCUT2D eigenvalue weighted by Gasteiger charge is -2.09. The van der Waals surface area contributed by atoms with Crippen LogP contribution in [0.15, 0.2) is 35.4 Å². The second-order valence-electron chi connectivity index (χ2n) is 4.72. The Morgan fingerprint density at radius 1 is 1.33 bits per heavy atom. The molecule has 4 nitrogen and oxygen atoms in total. The number of para-hydroxylation sites is 1. The lowest BCUT2D eigenvalue weighted by atomic mass is 10.2. The predicted octanol–water partition coefficient (Wildman–Crippen LogP) is 1.78. The minimum Gasteiger partial charge on any atom is -0.314 e. The van der Waals surface area contributed by atoms with E-state index in [1.165, 1.54) is 0 Å². The van der Waals surface area contributed by atoms with Crippen LogP contribution in [0.2, 0.25) is 0 Å². The van der Waals surface area contributed by atoms with Crippen molar-refractivity contribution in [2.24, 2.45) is 0 Å². The maximum absolute atomic E-state index is 12.2. The molecule has 1 N–H and O–H groups in total. The van der Waals surface area contributed by atoms with Gasteiger partial charge in [-0.1, -0.05) is 26.0 Å². The number of rotatable bonds is 5. The maximum atomic E-state index is 12.2. The van der Waals surface area contributed by atoms with E-state index in [-0.39, 0.29) is 5.56 Å². The third kappa shape index (κ3) is 2.96. The normalized spacial score (nSPS) is 11.3. The molecule has 0 bridgehead atoms. The van der Waals surface area contributed by atoms with E-state index >= 15 is 0 Å². The Kier molecular flexibility index (Phi) is 4.10. The zero-order valence-corrected chi connectivity index (χ0v) is 10.9. The topological polar surface area (TPSA) is 46.9 Å². The third-order valence-electron chi connectivity index (χ3n) is 2.86. The van der Waals surface area contributed by atoms with Gasteiger partial charge in [-0.15, -0.1) is 0 Å². The van der Waals surface area contributed by atoms with Crippen LogP contribution in [-0.4, -0.2) is 22.1 Å². The van der Waals surface area contributed by atoms with Crippen LogP contribution < -0.4 is 10.9 Å². The fraction of sp³-hybridized carbons (Fsp3) is 0.429. The second-order valence-corrected chi connectivity index (χ2v) is 4.72. The number of aryl methyl sites for hydroxylation is 1. The smallest absolute Gasteiger partial charge is 0.261 e. The Morgan fingerprint density at radius 2 is 2.11 bits per heavy atom. The summed E-state index contributed by atoms with van der Waals surface area (Å²) >= 11 is 0. The first-order chi connectivity index (χ1) is 8.68. The fourth-order valence-corrected chi connectivity index (χ4v) is 1.91. The summed E-state index contributed by atoms with van der Waals surface area (Å²) < 4.78 is 1.68. The zero-order valence-electron chi connectivity index (χ0n) is 10.9. The van der Waals surface area contributed by atoms with Gasteiger partial charge in [0.05, 0.1) is 17.2 Å². The Bertz CT molecular complexity index is 575. The molecule has 4 heteroatoms. The highest BCUT2D eigenvalue weighted by atomic mass is 16.1. The lowest BCUT2D eigenvalue weighted by Crippen LogP contribution is -2.27. The molecule has 0 amide bonds. The summed E-state index contributed by atoms with van der Waals surface area (Å²) in [6, 6.07) is 7.94. The Balaban J connectivity index is 2.10. The van der Waals surface area contributed by atoms with E-state index in [0.717, 1.165) is 18.5 Å². The summed E-state index contributed by atoms with van der Waals surface area (Å²) in [7, 11) is 0. The SMILES string of the molecule is CC(C)NCCCn1cnc2ccccc2c1=O. The highest BCUT2D eigenvalue weighted by molar-refractivity contribution is 5.76. The van der Waals surface area contributed by atoms with Crippen LogP contribution in [0.1, 0.15) is 20.3 Å². The number of hydrogen-bond donors (Lipinski definition) is 1. The Labute approximate surface area is 107 Å². The van der Waals surface area contributed by atoms with Crippen LogP contribution in [0.3, 0.4) is 0 Å². The molecule has 96 valence electrons. The molecule has 0 aliphatic carbocycles. The average molecular weight is 245 g/mol. The van der Waals surface area contributed by atoms with Crippen LogP contribution in [0, 0.1) is 0 Å². The molecule has 1 aromatic carbocycles. The quantitative estimate of drug-likeness (QED) is 0.817. The van der Waals surface area contributed by atoms with Crippen LogP contribution in [0.5, 0.6) is 0 Å². The summed E-state index contributed by atoms with van der Waals surface area (Å²) in [6.45, 7) is 5.85. The molecular weight excluding hydrogens is 226 g/mol. The van der Waals surface area contributed by atoms with Gasteiger partial charge in [0.25, 0.3) is 5.56 Å². The Morgan fingerprint density at radius 3 is 2.89 bits per heavy atom. The summed E-state index contributed by atoms with van der Waals surface area (Å²) in [4.78, 5) is 16.5. The van der Waals surface area contributed by atoms with Crippen molar-refractivity contribution in [1.82, 2.24) is 14.9 Å². The van der Waals surface area contributed by atoms with Gasteiger partial charge in [0.15, 0.2) is 0 Å². The van der Waals surface area contributed by atoms with E-state index in [1.807, 2.05) is 24.3 Å². The molecule has 1 aromatic heterocycles. The molecule has 1 heterocycles. The largest absolute Gasteiger partial charge is 0.314 e. The van der Waals surface area contributed by atoms with Crippen molar-refractivity contribution in [2.45, 2.75) is 32.9 Å². The molecule has 0 radical (unpaired) electrons. The molecule has 0 unspecified atom stereocenters. The Hall–Kier alpha value is -1.68. The number of hydrogen-bond acceptors (Lipinski definition) is 3. The predicted molar refractivity (Wildman–Crippen MR) is 73.8 cm³/mol. The number of aromatic nitrogens is 2. The van der Waals surface area contributed by atoms with Gasteiger partial charge in [0, 0.05) is 12.6 Å². The van der Waals surface area contributed by atoms with E-state index in [9.17, 15) is 4.79 Å². The lowest BCUT2D eigenvalue weighted by molar-refractivity contribution is 0.528. The second kappa shape index (κ2) is 5.78. The molecule has 0 saturated carbocycles. The molecule has 2 rings (SSSR count). The highest BCUT2D eigenvalue weighted by Crippen LogP contribution is 2.04. The van der Waals surface area contributed by atoms with E-state index < -0.39 is 0 Å². The molecule has 18 heavy (non-hydrogen) atoms. The molecule has 0 spiro atoms. The molecule has 0 aliphatic heterocycles. The standard InChI is InChI=1S/C14H19N3O/c1-11(2)15-8-5-9-17-10-16-13-7-4-3-6-12(13)14(17)18/h3-4,6-7,10-11,15H,5,8-9H2,1-2H3. The molecule has 0 atom stereocenters. The van der Waals surface area contributed by atoms with Gasteiger partial charge < -0.3 is 5.32 Å². The van der Waals surface area contributed by atoms with Gasteiger partial charge in [-0.3, -0.25) is 9.36 Å². The summed E-state index contributed by atoms with van der Waals surface area (Å²) in [5.41, 5.74) is 0.809. The fourth-order valence-electron chi connectivity index (χ4n) is 1.91. The zero-order chi connectivity index (χ0) is 13.0. The van der Waals surface area contributed by atoms with Crippen molar-refractivity contribution in [3.05, 3.63) is 40.9 Å². The maximum Gasteiger partial charge on any atom is 0.261 e. The van der Waals surface area contributed by atoms with E-state index in [2.05, 4.69) is 24.1 Å². The first-order valence-corrected chi connectivity index (χ1v) is 6.36. The van der Waals surface area contributed by atoms with Crippen molar-refractivity contribution < 1.29 is 0 Å². The molecule has 0 fully saturated rings. The van der Waals surface area contributed by atoms with Gasteiger partial charge in [0.1, 0.15) is 0 Å². The van der Waals surface area contributed by atoms with Crippen molar-refractivity contribution >= 4 is 10.9 Å². The molecule has 0 saturated heterocycles. The minimum absolute atomic E-state index is 0.0464. The summed E-state index contributed by atoms with van der Waals surface area (Å²) in [5.74, 6) is 0. The number of nitrogens with one attached hydrogen (secondary N) is 1. The third-order valence-corrected chi connectivity index (χ3v) is 2.86. The summed E-state index contributed by atoms with van der Waals surface area (Å²) in [6.07, 6.45) is 2.57. The molecule has 2 aromatic rings. The van der Waals surface area contributed by atoms with E-state index in [1.54, 1.807) is 10.9 Å². The minimum atomic E-state index is 0.0464. The van der Waals surface area contributed by atoms with E-state index in [0.29, 0.717) is 18.0 Å². The van der Waals surface area contributed by atoms with Crippen molar-refractivity contribution in [2.75, 3.05) is 6.54 Å². The molecule has 0 aliphatic rings. The van der Waals surface area contributed by atoms with Crippen molar-refractivity contribution in [3.8, 4) is 0 Å². The van der Waals surface area contributed by atoms with Crippen LogP contribution >= 0.6 is 0 Å².